The van der Waals surface area contributed by atoms with Crippen molar-refractivity contribution in [2.24, 2.45) is 0 Å². The lowest BCUT2D eigenvalue weighted by molar-refractivity contribution is 0.822. The zero-order chi connectivity index (χ0) is 10.3. The third kappa shape index (κ3) is 1.45. The van der Waals surface area contributed by atoms with E-state index in [1.807, 2.05) is 12.3 Å². The predicted octanol–water partition coefficient (Wildman–Crippen LogP) is 1.37. The highest BCUT2D eigenvalue weighted by Gasteiger charge is 2.21. The van der Waals surface area contributed by atoms with Crippen molar-refractivity contribution in [3.05, 3.63) is 35.0 Å². The summed E-state index contributed by atoms with van der Waals surface area (Å²) in [5.74, 6) is 0.847. The number of rotatable bonds is 1. The molecule has 1 aliphatic heterocycles. The van der Waals surface area contributed by atoms with E-state index >= 15 is 0 Å². The normalized spacial score (nSPS) is 14.3. The predicted molar refractivity (Wildman–Crippen MR) is 55.5 cm³/mol. The number of aromatic nitrogens is 4. The molecule has 0 spiro atoms. The number of H-pyrrole nitrogens is 1. The largest absolute Gasteiger partial charge is 0.346 e. The molecule has 0 fully saturated rings. The quantitative estimate of drug-likeness (QED) is 0.739. The number of anilines is 1. The SMILES string of the molecule is Clc1nccc(N2Cc3cn[nH]c3C2)n1. The zero-order valence-electron chi connectivity index (χ0n) is 7.81. The molecule has 3 rings (SSSR count). The van der Waals surface area contributed by atoms with E-state index in [1.54, 1.807) is 6.20 Å². The molecule has 0 aliphatic carbocycles. The highest BCUT2D eigenvalue weighted by atomic mass is 35.5. The molecular formula is C9H8ClN5. The Morgan fingerprint density at radius 2 is 2.33 bits per heavy atom. The molecule has 1 N–H and O–H groups in total. The standard InChI is InChI=1S/C9H8ClN5/c10-9-11-2-1-8(13-9)15-4-6-3-12-14-7(6)5-15/h1-3H,4-5H2,(H,12,14). The molecule has 1 aliphatic rings. The van der Waals surface area contributed by atoms with E-state index in [0.717, 1.165) is 24.6 Å². The molecule has 76 valence electrons. The summed E-state index contributed by atoms with van der Waals surface area (Å²) in [6, 6.07) is 1.85. The van der Waals surface area contributed by atoms with Crippen molar-refractivity contribution in [2.75, 3.05) is 4.90 Å². The molecule has 0 bridgehead atoms. The van der Waals surface area contributed by atoms with Crippen LogP contribution in [-0.4, -0.2) is 20.2 Å². The molecule has 0 aromatic carbocycles. The molecule has 0 unspecified atom stereocenters. The van der Waals surface area contributed by atoms with Crippen LogP contribution in [0.5, 0.6) is 0 Å². The van der Waals surface area contributed by atoms with Gasteiger partial charge in [0, 0.05) is 18.3 Å². The Labute approximate surface area is 91.1 Å². The van der Waals surface area contributed by atoms with Crippen LogP contribution in [0.1, 0.15) is 11.3 Å². The van der Waals surface area contributed by atoms with Gasteiger partial charge in [-0.05, 0) is 17.7 Å². The molecule has 15 heavy (non-hydrogen) atoms. The molecule has 0 amide bonds. The Morgan fingerprint density at radius 3 is 3.13 bits per heavy atom. The lowest BCUT2D eigenvalue weighted by Gasteiger charge is -2.15. The van der Waals surface area contributed by atoms with Gasteiger partial charge in [0.2, 0.25) is 5.28 Å². The van der Waals surface area contributed by atoms with Crippen LogP contribution >= 0.6 is 11.6 Å². The molecular weight excluding hydrogens is 214 g/mol. The zero-order valence-corrected chi connectivity index (χ0v) is 8.57. The van der Waals surface area contributed by atoms with Gasteiger partial charge in [-0.3, -0.25) is 5.10 Å². The topological polar surface area (TPSA) is 57.7 Å². The van der Waals surface area contributed by atoms with Crippen molar-refractivity contribution in [3.8, 4) is 0 Å². The minimum Gasteiger partial charge on any atom is -0.346 e. The molecule has 2 aromatic rings. The Morgan fingerprint density at radius 1 is 1.40 bits per heavy atom. The van der Waals surface area contributed by atoms with Crippen LogP contribution < -0.4 is 4.90 Å². The maximum atomic E-state index is 5.74. The average molecular weight is 222 g/mol. The van der Waals surface area contributed by atoms with Crippen molar-refractivity contribution in [1.82, 2.24) is 20.2 Å². The van der Waals surface area contributed by atoms with E-state index in [2.05, 4.69) is 25.1 Å². The highest BCUT2D eigenvalue weighted by Crippen LogP contribution is 2.25. The van der Waals surface area contributed by atoms with Crippen molar-refractivity contribution in [2.45, 2.75) is 13.1 Å². The van der Waals surface area contributed by atoms with E-state index in [4.69, 9.17) is 11.6 Å². The number of hydrogen-bond donors (Lipinski definition) is 1. The molecule has 6 heteroatoms. The Hall–Kier alpha value is -1.62. The van der Waals surface area contributed by atoms with Gasteiger partial charge in [0.1, 0.15) is 5.82 Å². The number of fused-ring (bicyclic) bond motifs is 1. The number of hydrogen-bond acceptors (Lipinski definition) is 4. The van der Waals surface area contributed by atoms with Crippen LogP contribution in [-0.2, 0) is 13.1 Å². The fourth-order valence-electron chi connectivity index (χ4n) is 1.73. The second-order valence-corrected chi connectivity index (χ2v) is 3.75. The van der Waals surface area contributed by atoms with Gasteiger partial charge in [0.05, 0.1) is 18.4 Å². The fourth-order valence-corrected chi connectivity index (χ4v) is 1.87. The first-order valence-electron chi connectivity index (χ1n) is 4.57. The Bertz CT molecular complexity index is 474. The monoisotopic (exact) mass is 221 g/mol. The second kappa shape index (κ2) is 3.20. The van der Waals surface area contributed by atoms with E-state index < -0.39 is 0 Å². The maximum Gasteiger partial charge on any atom is 0.224 e. The molecule has 0 atom stereocenters. The lowest BCUT2D eigenvalue weighted by Crippen LogP contribution is -2.16. The first kappa shape index (κ1) is 8.67. The first-order valence-corrected chi connectivity index (χ1v) is 4.95. The molecule has 2 aromatic heterocycles. The number of halogens is 1. The van der Waals surface area contributed by atoms with Crippen LogP contribution in [0.2, 0.25) is 5.28 Å². The second-order valence-electron chi connectivity index (χ2n) is 3.41. The van der Waals surface area contributed by atoms with Crippen LogP contribution in [0.25, 0.3) is 0 Å². The smallest absolute Gasteiger partial charge is 0.224 e. The molecule has 0 saturated heterocycles. The van der Waals surface area contributed by atoms with Gasteiger partial charge < -0.3 is 4.90 Å². The van der Waals surface area contributed by atoms with Crippen LogP contribution in [0.3, 0.4) is 0 Å². The average Bonchev–Trinajstić information content (AvgIpc) is 2.76. The van der Waals surface area contributed by atoms with E-state index in [-0.39, 0.29) is 5.28 Å². The van der Waals surface area contributed by atoms with Gasteiger partial charge in [-0.25, -0.2) is 9.97 Å². The van der Waals surface area contributed by atoms with Crippen molar-refractivity contribution in [3.63, 3.8) is 0 Å². The van der Waals surface area contributed by atoms with E-state index in [1.165, 1.54) is 5.56 Å². The summed E-state index contributed by atoms with van der Waals surface area (Å²) in [4.78, 5) is 10.1. The summed E-state index contributed by atoms with van der Waals surface area (Å²) in [5, 5.41) is 7.22. The van der Waals surface area contributed by atoms with Gasteiger partial charge in [0.25, 0.3) is 0 Å². The number of nitrogens with zero attached hydrogens (tertiary/aromatic N) is 4. The lowest BCUT2D eigenvalue weighted by atomic mass is 10.3. The van der Waals surface area contributed by atoms with Crippen molar-refractivity contribution < 1.29 is 0 Å². The third-order valence-corrected chi connectivity index (χ3v) is 2.64. The van der Waals surface area contributed by atoms with Gasteiger partial charge in [-0.15, -0.1) is 0 Å². The van der Waals surface area contributed by atoms with Gasteiger partial charge in [-0.2, -0.15) is 5.10 Å². The summed E-state index contributed by atoms with van der Waals surface area (Å²) in [7, 11) is 0. The van der Waals surface area contributed by atoms with Crippen LogP contribution in [0, 0.1) is 0 Å². The summed E-state index contributed by atoms with van der Waals surface area (Å²) in [5.41, 5.74) is 2.36. The highest BCUT2D eigenvalue weighted by molar-refractivity contribution is 6.28. The van der Waals surface area contributed by atoms with Gasteiger partial charge in [0.15, 0.2) is 0 Å². The van der Waals surface area contributed by atoms with Gasteiger partial charge in [-0.1, -0.05) is 0 Å². The molecule has 3 heterocycles. The van der Waals surface area contributed by atoms with Crippen LogP contribution in [0.15, 0.2) is 18.5 Å². The summed E-state index contributed by atoms with van der Waals surface area (Å²) < 4.78 is 0. The summed E-state index contributed by atoms with van der Waals surface area (Å²) >= 11 is 5.74. The van der Waals surface area contributed by atoms with Crippen molar-refractivity contribution >= 4 is 17.4 Å². The Kier molecular flexibility index (Phi) is 1.85. The van der Waals surface area contributed by atoms with Crippen LogP contribution in [0.4, 0.5) is 5.82 Å². The molecule has 0 radical (unpaired) electrons. The minimum absolute atomic E-state index is 0.279. The summed E-state index contributed by atoms with van der Waals surface area (Å²) in [6.07, 6.45) is 3.51. The number of nitrogens with one attached hydrogen (secondary N) is 1. The summed E-state index contributed by atoms with van der Waals surface area (Å²) in [6.45, 7) is 1.61. The fraction of sp³-hybridized carbons (Fsp3) is 0.222. The van der Waals surface area contributed by atoms with Gasteiger partial charge >= 0.3 is 0 Å². The third-order valence-electron chi connectivity index (χ3n) is 2.45. The van der Waals surface area contributed by atoms with Crippen molar-refractivity contribution in [1.29, 1.82) is 0 Å². The molecule has 0 saturated carbocycles. The maximum absolute atomic E-state index is 5.74. The first-order chi connectivity index (χ1) is 7.33. The van der Waals surface area contributed by atoms with E-state index in [9.17, 15) is 0 Å². The van der Waals surface area contributed by atoms with E-state index in [0.29, 0.717) is 0 Å². The molecule has 5 nitrogen and oxygen atoms in total. The minimum atomic E-state index is 0.279. The Balaban J connectivity index is 1.90. The number of aromatic amines is 1.